The predicted molar refractivity (Wildman–Crippen MR) is 46.2 cm³/mol. The van der Waals surface area contributed by atoms with Crippen molar-refractivity contribution in [2.75, 3.05) is 19.6 Å². The maximum Gasteiger partial charge on any atom is 0.224 e. The highest BCUT2D eigenvalue weighted by Gasteiger charge is 2.07. The highest BCUT2D eigenvalue weighted by molar-refractivity contribution is 5.76. The summed E-state index contributed by atoms with van der Waals surface area (Å²) in [5, 5.41) is 10.6. The summed E-state index contributed by atoms with van der Waals surface area (Å²) in [5.41, 5.74) is 0. The number of nitrogens with zero attached hydrogens (tertiary/aromatic N) is 2. The van der Waals surface area contributed by atoms with Gasteiger partial charge in [-0.3, -0.25) is 4.79 Å². The topological polar surface area (TPSA) is 56.1 Å². The van der Waals surface area contributed by atoms with Crippen molar-refractivity contribution >= 4 is 5.91 Å². The van der Waals surface area contributed by atoms with Crippen LogP contribution in [0.25, 0.3) is 0 Å². The second-order valence-corrected chi connectivity index (χ2v) is 2.35. The first-order valence-electron chi connectivity index (χ1n) is 4.16. The first-order valence-corrected chi connectivity index (χ1v) is 4.16. The van der Waals surface area contributed by atoms with Crippen LogP contribution >= 0.6 is 0 Å². The van der Waals surface area contributed by atoms with E-state index in [0.29, 0.717) is 13.0 Å². The Bertz CT molecular complexity index is 170. The third kappa shape index (κ3) is 3.81. The van der Waals surface area contributed by atoms with Gasteiger partial charge in [0.05, 0.1) is 0 Å². The van der Waals surface area contributed by atoms with Crippen LogP contribution in [0.4, 0.5) is 0 Å². The molecule has 0 aliphatic rings. The van der Waals surface area contributed by atoms with Gasteiger partial charge in [-0.1, -0.05) is 0 Å². The Morgan fingerprint density at radius 3 is 2.50 bits per heavy atom. The van der Waals surface area contributed by atoms with Gasteiger partial charge >= 0.3 is 0 Å². The van der Waals surface area contributed by atoms with Gasteiger partial charge < -0.3 is 10.2 Å². The summed E-state index contributed by atoms with van der Waals surface area (Å²) in [6, 6.07) is 0. The van der Waals surface area contributed by atoms with Gasteiger partial charge in [-0.25, -0.2) is 0 Å². The van der Waals surface area contributed by atoms with Crippen molar-refractivity contribution in [3.63, 3.8) is 0 Å². The zero-order valence-electron chi connectivity index (χ0n) is 7.63. The van der Waals surface area contributed by atoms with Crippen LogP contribution in [0.5, 0.6) is 0 Å². The number of nitrogens with one attached hydrogen (secondary N) is 1. The minimum Gasteiger partial charge on any atom is -0.343 e. The fourth-order valence-electron chi connectivity index (χ4n) is 0.960. The van der Waals surface area contributed by atoms with Crippen molar-refractivity contribution in [1.82, 2.24) is 10.2 Å². The molecule has 0 saturated heterocycles. The summed E-state index contributed by atoms with van der Waals surface area (Å²) in [6.45, 7) is 5.80. The van der Waals surface area contributed by atoms with E-state index in [2.05, 4.69) is 5.32 Å². The molecule has 68 valence electrons. The molecule has 0 fully saturated rings. The van der Waals surface area contributed by atoms with Crippen LogP contribution in [0.15, 0.2) is 0 Å². The van der Waals surface area contributed by atoms with Crippen molar-refractivity contribution in [3.05, 3.63) is 0 Å². The lowest BCUT2D eigenvalue weighted by molar-refractivity contribution is -0.130. The summed E-state index contributed by atoms with van der Waals surface area (Å²) in [7, 11) is 0. The van der Waals surface area contributed by atoms with Gasteiger partial charge in [-0.2, -0.15) is 5.26 Å². The van der Waals surface area contributed by atoms with Gasteiger partial charge in [-0.15, -0.1) is 0 Å². The molecule has 0 aromatic heterocycles. The number of nitriles is 1. The number of hydrogen-bond acceptors (Lipinski definition) is 3. The van der Waals surface area contributed by atoms with E-state index in [1.165, 1.54) is 0 Å². The van der Waals surface area contributed by atoms with Gasteiger partial charge in [-0.05, 0) is 13.8 Å². The van der Waals surface area contributed by atoms with E-state index >= 15 is 0 Å². The molecular weight excluding hydrogens is 154 g/mol. The average Bonchev–Trinajstić information content (AvgIpc) is 2.07. The first kappa shape index (κ1) is 10.8. The van der Waals surface area contributed by atoms with E-state index < -0.39 is 0 Å². The summed E-state index contributed by atoms with van der Waals surface area (Å²) >= 11 is 0. The van der Waals surface area contributed by atoms with E-state index in [9.17, 15) is 4.79 Å². The van der Waals surface area contributed by atoms with Gasteiger partial charge in [0.1, 0.15) is 0 Å². The fourth-order valence-corrected chi connectivity index (χ4v) is 0.960. The van der Waals surface area contributed by atoms with Crippen molar-refractivity contribution in [1.29, 1.82) is 5.26 Å². The normalized spacial score (nSPS) is 8.75. The van der Waals surface area contributed by atoms with E-state index in [1.54, 1.807) is 11.1 Å². The Balaban J connectivity index is 3.63. The Kier molecular flexibility index (Phi) is 5.80. The van der Waals surface area contributed by atoms with Gasteiger partial charge in [0.2, 0.25) is 5.91 Å². The zero-order chi connectivity index (χ0) is 9.40. The Labute approximate surface area is 73.2 Å². The minimum atomic E-state index is 0.0998. The Morgan fingerprint density at radius 1 is 1.50 bits per heavy atom. The number of rotatable bonds is 5. The number of hydrogen-bond donors (Lipinski definition) is 1. The molecule has 0 saturated carbocycles. The third-order valence-electron chi connectivity index (χ3n) is 1.66. The van der Waals surface area contributed by atoms with E-state index in [-0.39, 0.29) is 5.91 Å². The molecule has 0 heterocycles. The number of carbonyl (C=O) groups excluding carboxylic acids is 1. The summed E-state index contributed by atoms with van der Waals surface area (Å²) in [4.78, 5) is 13.0. The first-order chi connectivity index (χ1) is 5.76. The lowest BCUT2D eigenvalue weighted by Gasteiger charge is -2.17. The van der Waals surface area contributed by atoms with Crippen LogP contribution in [-0.2, 0) is 4.79 Å². The lowest BCUT2D eigenvalue weighted by Crippen LogP contribution is -2.32. The van der Waals surface area contributed by atoms with Crippen LogP contribution in [0.2, 0.25) is 0 Å². The highest BCUT2D eigenvalue weighted by Crippen LogP contribution is 1.91. The number of carbonyl (C=O) groups is 1. The summed E-state index contributed by atoms with van der Waals surface area (Å²) < 4.78 is 0. The molecule has 0 radical (unpaired) electrons. The molecule has 1 amide bonds. The van der Waals surface area contributed by atoms with Crippen LogP contribution in [-0.4, -0.2) is 30.4 Å². The van der Waals surface area contributed by atoms with Crippen molar-refractivity contribution in [2.24, 2.45) is 0 Å². The Hall–Kier alpha value is -1.24. The molecule has 0 aromatic rings. The second kappa shape index (κ2) is 6.47. The maximum atomic E-state index is 11.3. The fraction of sp³-hybridized carbons (Fsp3) is 0.750. The SMILES string of the molecule is CCN(CC)C(=O)CCNC#N. The molecule has 1 N–H and O–H groups in total. The average molecular weight is 169 g/mol. The van der Waals surface area contributed by atoms with Crippen molar-refractivity contribution in [2.45, 2.75) is 20.3 Å². The predicted octanol–water partition coefficient (Wildman–Crippen LogP) is 0.316. The van der Waals surface area contributed by atoms with E-state index in [1.807, 2.05) is 13.8 Å². The van der Waals surface area contributed by atoms with Crippen molar-refractivity contribution < 1.29 is 4.79 Å². The lowest BCUT2D eigenvalue weighted by atomic mass is 10.3. The molecule has 0 aromatic carbocycles. The van der Waals surface area contributed by atoms with E-state index in [4.69, 9.17) is 5.26 Å². The molecule has 0 aliphatic heterocycles. The summed E-state index contributed by atoms with van der Waals surface area (Å²) in [6.07, 6.45) is 2.18. The smallest absolute Gasteiger partial charge is 0.224 e. The second-order valence-electron chi connectivity index (χ2n) is 2.35. The quantitative estimate of drug-likeness (QED) is 0.366. The molecule has 0 rings (SSSR count). The van der Waals surface area contributed by atoms with Crippen LogP contribution in [0.3, 0.4) is 0 Å². The standard InChI is InChI=1S/C8H15N3O/c1-3-11(4-2)8(12)5-6-10-7-9/h10H,3-6H2,1-2H3. The van der Waals surface area contributed by atoms with Crippen LogP contribution in [0, 0.1) is 11.5 Å². The third-order valence-corrected chi connectivity index (χ3v) is 1.66. The molecule has 0 atom stereocenters. The minimum absolute atomic E-state index is 0.0998. The van der Waals surface area contributed by atoms with E-state index in [0.717, 1.165) is 13.1 Å². The molecule has 0 spiro atoms. The monoisotopic (exact) mass is 169 g/mol. The van der Waals surface area contributed by atoms with Gasteiger partial charge in [0.25, 0.3) is 0 Å². The molecule has 0 bridgehead atoms. The van der Waals surface area contributed by atoms with Gasteiger partial charge in [0, 0.05) is 26.1 Å². The van der Waals surface area contributed by atoms with Crippen molar-refractivity contribution in [3.8, 4) is 6.19 Å². The largest absolute Gasteiger partial charge is 0.343 e. The zero-order valence-corrected chi connectivity index (χ0v) is 7.63. The van der Waals surface area contributed by atoms with Crippen LogP contribution < -0.4 is 5.32 Å². The summed E-state index contributed by atoms with van der Waals surface area (Å²) in [5.74, 6) is 0.0998. The molecule has 0 aliphatic carbocycles. The molecule has 4 nitrogen and oxygen atoms in total. The molecule has 12 heavy (non-hydrogen) atoms. The van der Waals surface area contributed by atoms with Crippen LogP contribution in [0.1, 0.15) is 20.3 Å². The Morgan fingerprint density at radius 2 is 2.08 bits per heavy atom. The molecule has 4 heteroatoms. The molecule has 0 unspecified atom stereocenters. The van der Waals surface area contributed by atoms with Gasteiger partial charge in [0.15, 0.2) is 6.19 Å². The molecular formula is C8H15N3O. The highest BCUT2D eigenvalue weighted by atomic mass is 16.2. The maximum absolute atomic E-state index is 11.3. The number of amides is 1.